The third kappa shape index (κ3) is 6.84. The number of nitrogens with one attached hydrogen (secondary N) is 3. The fourth-order valence-corrected chi connectivity index (χ4v) is 2.84. The summed E-state index contributed by atoms with van der Waals surface area (Å²) in [5.41, 5.74) is 1.66. The summed E-state index contributed by atoms with van der Waals surface area (Å²) < 4.78 is 10.6. The van der Waals surface area contributed by atoms with Gasteiger partial charge in [-0.15, -0.1) is 0 Å². The average Bonchev–Trinajstić information content (AvgIpc) is 2.76. The Labute approximate surface area is 176 Å². The largest absolute Gasteiger partial charge is 0.493 e. The fourth-order valence-electron chi connectivity index (χ4n) is 2.84. The molecule has 0 fully saturated rings. The Morgan fingerprint density at radius 3 is 2.53 bits per heavy atom. The molecular weight excluding hydrogens is 386 g/mol. The SMILES string of the molecule is CCNC(=NCCc1ccc(OC)c(OC)c1)NCCNc1ccccc1[N+](=O)[O-]. The number of methoxy groups -OCH3 is 2. The number of nitro benzene ring substituents is 1. The van der Waals surface area contributed by atoms with Crippen LogP contribution < -0.4 is 25.4 Å². The highest BCUT2D eigenvalue weighted by molar-refractivity contribution is 5.79. The van der Waals surface area contributed by atoms with Gasteiger partial charge in [-0.3, -0.25) is 15.1 Å². The fraction of sp³-hybridized carbons (Fsp3) is 0.381. The van der Waals surface area contributed by atoms with Gasteiger partial charge in [0.15, 0.2) is 17.5 Å². The lowest BCUT2D eigenvalue weighted by atomic mass is 10.1. The van der Waals surface area contributed by atoms with Gasteiger partial charge in [0.25, 0.3) is 5.69 Å². The highest BCUT2D eigenvalue weighted by Gasteiger charge is 2.11. The Bertz CT molecular complexity index is 857. The topological polar surface area (TPSA) is 110 Å². The third-order valence-corrected chi connectivity index (χ3v) is 4.30. The Balaban J connectivity index is 1.85. The predicted octanol–water partition coefficient (Wildman–Crippen LogP) is 2.82. The van der Waals surface area contributed by atoms with E-state index >= 15 is 0 Å². The number of ether oxygens (including phenoxy) is 2. The van der Waals surface area contributed by atoms with Gasteiger partial charge in [0.2, 0.25) is 0 Å². The van der Waals surface area contributed by atoms with Crippen LogP contribution in [0.1, 0.15) is 12.5 Å². The zero-order valence-corrected chi connectivity index (χ0v) is 17.6. The van der Waals surface area contributed by atoms with Gasteiger partial charge < -0.3 is 25.4 Å². The molecule has 0 aromatic heterocycles. The van der Waals surface area contributed by atoms with E-state index in [9.17, 15) is 10.1 Å². The first-order chi connectivity index (χ1) is 14.6. The smallest absolute Gasteiger partial charge is 0.292 e. The number of nitro groups is 1. The molecule has 0 amide bonds. The molecule has 0 atom stereocenters. The average molecular weight is 415 g/mol. The lowest BCUT2D eigenvalue weighted by molar-refractivity contribution is -0.384. The summed E-state index contributed by atoms with van der Waals surface area (Å²) in [5.74, 6) is 2.10. The molecule has 0 heterocycles. The van der Waals surface area contributed by atoms with E-state index in [0.717, 1.165) is 18.5 Å². The second kappa shape index (κ2) is 12.2. The number of rotatable bonds is 11. The standard InChI is InChI=1S/C21H29N5O4/c1-4-22-21(24-12-11-16-9-10-19(29-2)20(15-16)30-3)25-14-13-23-17-7-5-6-8-18(17)26(27)28/h5-10,15,23H,4,11-14H2,1-3H3,(H2,22,24,25). The van der Waals surface area contributed by atoms with Gasteiger partial charge in [-0.2, -0.15) is 0 Å². The first-order valence-electron chi connectivity index (χ1n) is 9.79. The minimum Gasteiger partial charge on any atom is -0.493 e. The molecule has 0 aliphatic rings. The van der Waals surface area contributed by atoms with Crippen molar-refractivity contribution in [1.29, 1.82) is 0 Å². The predicted molar refractivity (Wildman–Crippen MR) is 119 cm³/mol. The second-order valence-corrected chi connectivity index (χ2v) is 6.33. The number of nitrogens with zero attached hydrogens (tertiary/aromatic N) is 2. The molecule has 3 N–H and O–H groups in total. The Morgan fingerprint density at radius 2 is 1.83 bits per heavy atom. The summed E-state index contributed by atoms with van der Waals surface area (Å²) in [5, 5.41) is 20.6. The molecule has 30 heavy (non-hydrogen) atoms. The molecule has 162 valence electrons. The zero-order chi connectivity index (χ0) is 21.8. The van der Waals surface area contributed by atoms with Crippen LogP contribution in [0.3, 0.4) is 0 Å². The van der Waals surface area contributed by atoms with Crippen molar-refractivity contribution < 1.29 is 14.4 Å². The van der Waals surface area contributed by atoms with Crippen molar-refractivity contribution in [3.63, 3.8) is 0 Å². The van der Waals surface area contributed by atoms with Gasteiger partial charge in [-0.05, 0) is 37.1 Å². The summed E-state index contributed by atoms with van der Waals surface area (Å²) in [6.07, 6.45) is 0.755. The van der Waals surface area contributed by atoms with Crippen LogP contribution in [0, 0.1) is 10.1 Å². The van der Waals surface area contributed by atoms with E-state index in [0.29, 0.717) is 42.8 Å². The number of benzene rings is 2. The summed E-state index contributed by atoms with van der Waals surface area (Å²) in [6, 6.07) is 12.4. The maximum atomic E-state index is 11.1. The van der Waals surface area contributed by atoms with Gasteiger partial charge in [0.1, 0.15) is 5.69 Å². The van der Waals surface area contributed by atoms with Gasteiger partial charge in [0.05, 0.1) is 19.1 Å². The number of anilines is 1. The molecule has 0 radical (unpaired) electrons. The van der Waals surface area contributed by atoms with Crippen molar-refractivity contribution in [3.05, 3.63) is 58.1 Å². The quantitative estimate of drug-likeness (QED) is 0.170. The lowest BCUT2D eigenvalue weighted by Crippen LogP contribution is -2.39. The zero-order valence-electron chi connectivity index (χ0n) is 17.6. The molecule has 2 aromatic rings. The molecule has 9 heteroatoms. The highest BCUT2D eigenvalue weighted by atomic mass is 16.6. The van der Waals surface area contributed by atoms with E-state index in [2.05, 4.69) is 20.9 Å². The molecule has 0 aliphatic carbocycles. The summed E-state index contributed by atoms with van der Waals surface area (Å²) in [4.78, 5) is 15.3. The molecule has 0 unspecified atom stereocenters. The van der Waals surface area contributed by atoms with Crippen LogP contribution in [0.5, 0.6) is 11.5 Å². The van der Waals surface area contributed by atoms with E-state index in [1.54, 1.807) is 32.4 Å². The molecule has 0 bridgehead atoms. The molecule has 0 aliphatic heterocycles. The van der Waals surface area contributed by atoms with Crippen molar-refractivity contribution in [2.45, 2.75) is 13.3 Å². The van der Waals surface area contributed by atoms with Crippen LogP contribution in [0.2, 0.25) is 0 Å². The van der Waals surface area contributed by atoms with E-state index < -0.39 is 4.92 Å². The maximum absolute atomic E-state index is 11.1. The molecule has 0 spiro atoms. The van der Waals surface area contributed by atoms with Crippen molar-refractivity contribution in [2.24, 2.45) is 4.99 Å². The van der Waals surface area contributed by atoms with Crippen molar-refractivity contribution in [3.8, 4) is 11.5 Å². The molecule has 2 aromatic carbocycles. The van der Waals surface area contributed by atoms with Crippen LogP contribution >= 0.6 is 0 Å². The van der Waals surface area contributed by atoms with Gasteiger partial charge in [0, 0.05) is 32.2 Å². The van der Waals surface area contributed by atoms with Crippen LogP contribution in [0.4, 0.5) is 11.4 Å². The summed E-state index contributed by atoms with van der Waals surface area (Å²) >= 11 is 0. The molecule has 2 rings (SSSR count). The van der Waals surface area contributed by atoms with Crippen LogP contribution in [0.15, 0.2) is 47.5 Å². The first kappa shape index (κ1) is 22.8. The van der Waals surface area contributed by atoms with Gasteiger partial charge in [-0.25, -0.2) is 0 Å². The minimum absolute atomic E-state index is 0.0630. The van der Waals surface area contributed by atoms with E-state index in [-0.39, 0.29) is 5.69 Å². The third-order valence-electron chi connectivity index (χ3n) is 4.30. The summed E-state index contributed by atoms with van der Waals surface area (Å²) in [7, 11) is 3.23. The van der Waals surface area contributed by atoms with Gasteiger partial charge >= 0.3 is 0 Å². The normalized spacial score (nSPS) is 11.0. The number of hydrogen-bond donors (Lipinski definition) is 3. The molecule has 0 saturated carbocycles. The van der Waals surface area contributed by atoms with E-state index in [1.807, 2.05) is 25.1 Å². The van der Waals surface area contributed by atoms with E-state index in [1.165, 1.54) is 6.07 Å². The van der Waals surface area contributed by atoms with Crippen LogP contribution in [0.25, 0.3) is 0 Å². The van der Waals surface area contributed by atoms with Crippen molar-refractivity contribution >= 4 is 17.3 Å². The maximum Gasteiger partial charge on any atom is 0.292 e. The minimum atomic E-state index is -0.393. The molecule has 9 nitrogen and oxygen atoms in total. The van der Waals surface area contributed by atoms with Crippen molar-refractivity contribution in [1.82, 2.24) is 10.6 Å². The monoisotopic (exact) mass is 415 g/mol. The Hall–Kier alpha value is -3.49. The second-order valence-electron chi connectivity index (χ2n) is 6.33. The van der Waals surface area contributed by atoms with E-state index in [4.69, 9.17) is 9.47 Å². The number of para-hydroxylation sites is 2. The molecule has 0 saturated heterocycles. The number of hydrogen-bond acceptors (Lipinski definition) is 6. The highest BCUT2D eigenvalue weighted by Crippen LogP contribution is 2.27. The lowest BCUT2D eigenvalue weighted by Gasteiger charge is -2.13. The van der Waals surface area contributed by atoms with Crippen LogP contribution in [-0.4, -0.2) is 51.3 Å². The molecular formula is C21H29N5O4. The number of guanidine groups is 1. The number of aliphatic imine (C=N–C) groups is 1. The summed E-state index contributed by atoms with van der Waals surface area (Å²) in [6.45, 7) is 4.42. The van der Waals surface area contributed by atoms with Crippen molar-refractivity contribution in [2.75, 3.05) is 45.7 Å². The Morgan fingerprint density at radius 1 is 1.07 bits per heavy atom. The van der Waals surface area contributed by atoms with Gasteiger partial charge in [-0.1, -0.05) is 18.2 Å². The first-order valence-corrected chi connectivity index (χ1v) is 9.79. The Kier molecular flexibility index (Phi) is 9.23. The van der Waals surface area contributed by atoms with Crippen LogP contribution in [-0.2, 0) is 6.42 Å².